The van der Waals surface area contributed by atoms with Gasteiger partial charge in [-0.15, -0.1) is 0 Å². The van der Waals surface area contributed by atoms with Crippen molar-refractivity contribution in [3.05, 3.63) is 71.8 Å². The summed E-state index contributed by atoms with van der Waals surface area (Å²) in [4.78, 5) is 47.7. The van der Waals surface area contributed by atoms with E-state index in [9.17, 15) is 19.2 Å². The van der Waals surface area contributed by atoms with Gasteiger partial charge < -0.3 is 15.4 Å². The van der Waals surface area contributed by atoms with Crippen LogP contribution in [0.3, 0.4) is 0 Å². The lowest BCUT2D eigenvalue weighted by Gasteiger charge is -2.18. The molecule has 0 unspecified atom stereocenters. The van der Waals surface area contributed by atoms with Crippen LogP contribution in [0.4, 0.5) is 0 Å². The first-order valence-corrected chi connectivity index (χ1v) is 9.66. The number of hydrogen-bond acceptors (Lipinski definition) is 5. The van der Waals surface area contributed by atoms with Gasteiger partial charge in [0, 0.05) is 6.92 Å². The number of carbonyl (C=O) groups is 4. The molecule has 0 saturated heterocycles. The number of amides is 2. The molecule has 0 spiro atoms. The van der Waals surface area contributed by atoms with Gasteiger partial charge in [0.1, 0.15) is 0 Å². The highest BCUT2D eigenvalue weighted by atomic mass is 16.5. The maximum absolute atomic E-state index is 12.2. The monoisotopic (exact) mass is 410 g/mol. The zero-order valence-electron chi connectivity index (χ0n) is 17.1. The van der Waals surface area contributed by atoms with Crippen LogP contribution in [0.15, 0.2) is 60.7 Å². The first-order chi connectivity index (χ1) is 14.3. The van der Waals surface area contributed by atoms with E-state index in [1.54, 1.807) is 24.3 Å². The molecule has 0 aliphatic rings. The molecule has 0 radical (unpaired) electrons. The molecule has 30 heavy (non-hydrogen) atoms. The number of rotatable bonds is 10. The highest BCUT2D eigenvalue weighted by Gasteiger charge is 2.21. The lowest BCUT2D eigenvalue weighted by atomic mass is 10.0. The van der Waals surface area contributed by atoms with E-state index in [4.69, 9.17) is 4.74 Å². The molecule has 0 bridgehead atoms. The van der Waals surface area contributed by atoms with Crippen LogP contribution < -0.4 is 10.6 Å². The lowest BCUT2D eigenvalue weighted by molar-refractivity contribution is -0.149. The van der Waals surface area contributed by atoms with Crippen molar-refractivity contribution in [1.29, 1.82) is 0 Å². The smallest absolute Gasteiger partial charge is 0.308 e. The zero-order valence-corrected chi connectivity index (χ0v) is 17.1. The van der Waals surface area contributed by atoms with Crippen LogP contribution in [-0.4, -0.2) is 36.2 Å². The minimum absolute atomic E-state index is 0.114. The third-order valence-corrected chi connectivity index (χ3v) is 4.42. The van der Waals surface area contributed by atoms with E-state index in [0.717, 1.165) is 11.1 Å². The van der Waals surface area contributed by atoms with Gasteiger partial charge in [-0.2, -0.15) is 0 Å². The summed E-state index contributed by atoms with van der Waals surface area (Å²) in [5.41, 5.74) is 1.67. The van der Waals surface area contributed by atoms with E-state index in [0.29, 0.717) is 6.42 Å². The van der Waals surface area contributed by atoms with Crippen LogP contribution in [0.2, 0.25) is 0 Å². The molecule has 7 nitrogen and oxygen atoms in total. The highest BCUT2D eigenvalue weighted by molar-refractivity contribution is 5.89. The Morgan fingerprint density at radius 3 is 2.03 bits per heavy atom. The average molecular weight is 410 g/mol. The van der Waals surface area contributed by atoms with Gasteiger partial charge in [0.2, 0.25) is 5.91 Å². The van der Waals surface area contributed by atoms with Gasteiger partial charge in [0.25, 0.3) is 5.91 Å². The summed E-state index contributed by atoms with van der Waals surface area (Å²) in [6.45, 7) is 2.26. The normalized spacial score (nSPS) is 12.3. The van der Waals surface area contributed by atoms with Gasteiger partial charge in [0.15, 0.2) is 12.4 Å². The van der Waals surface area contributed by atoms with Crippen LogP contribution in [0.25, 0.3) is 0 Å². The average Bonchev–Trinajstić information content (AvgIpc) is 2.72. The predicted octanol–water partition coefficient (Wildman–Crippen LogP) is 2.11. The van der Waals surface area contributed by atoms with Gasteiger partial charge in [0.05, 0.1) is 18.5 Å². The van der Waals surface area contributed by atoms with Gasteiger partial charge in [-0.05, 0) is 24.5 Å². The van der Waals surface area contributed by atoms with Crippen LogP contribution in [-0.2, 0) is 30.3 Å². The molecule has 0 heterocycles. The Labute approximate surface area is 175 Å². The summed E-state index contributed by atoms with van der Waals surface area (Å²) in [5.74, 6) is -1.65. The predicted molar refractivity (Wildman–Crippen MR) is 111 cm³/mol. The fraction of sp³-hybridized carbons (Fsp3) is 0.304. The molecule has 7 heteroatoms. The molecule has 0 aliphatic carbocycles. The van der Waals surface area contributed by atoms with Crippen molar-refractivity contribution in [2.75, 3.05) is 6.61 Å². The van der Waals surface area contributed by atoms with Crippen LogP contribution in [0, 0.1) is 0 Å². The maximum atomic E-state index is 12.2. The van der Waals surface area contributed by atoms with E-state index in [1.807, 2.05) is 36.4 Å². The van der Waals surface area contributed by atoms with Crippen molar-refractivity contribution in [1.82, 2.24) is 10.6 Å². The minimum Gasteiger partial charge on any atom is -0.456 e. The van der Waals surface area contributed by atoms with Crippen molar-refractivity contribution < 1.29 is 23.9 Å². The van der Waals surface area contributed by atoms with Crippen LogP contribution in [0.1, 0.15) is 37.4 Å². The van der Waals surface area contributed by atoms with Crippen molar-refractivity contribution in [2.24, 2.45) is 0 Å². The number of Topliss-reactive ketones (excluding diaryl/α,β-unsaturated/α-hetero) is 1. The lowest BCUT2D eigenvalue weighted by Crippen LogP contribution is -2.43. The standard InChI is InChI=1S/C23H26N2O5/c1-16(26)20(13-18-9-5-3-6-10-18)25-22(28)15-30-23(29)14-21(24-17(2)27)19-11-7-4-8-12-19/h3-12,20-21H,13-15H2,1-2H3,(H,24,27)(H,25,28)/t20-,21+/m1/s1. The molecule has 2 aromatic rings. The Kier molecular flexibility index (Phi) is 8.75. The zero-order chi connectivity index (χ0) is 21.9. The number of nitrogens with one attached hydrogen (secondary N) is 2. The summed E-state index contributed by atoms with van der Waals surface area (Å²) >= 11 is 0. The molecule has 2 rings (SSSR count). The molecule has 2 aromatic carbocycles. The number of esters is 1. The van der Waals surface area contributed by atoms with Crippen molar-refractivity contribution >= 4 is 23.6 Å². The summed E-state index contributed by atoms with van der Waals surface area (Å²) in [5, 5.41) is 5.31. The Bertz CT molecular complexity index is 868. The first-order valence-electron chi connectivity index (χ1n) is 9.66. The van der Waals surface area contributed by atoms with Crippen LogP contribution in [0.5, 0.6) is 0 Å². The number of ketones is 1. The van der Waals surface area contributed by atoms with Gasteiger partial charge in [-0.25, -0.2) is 0 Å². The number of benzene rings is 2. The van der Waals surface area contributed by atoms with Gasteiger partial charge in [-0.3, -0.25) is 19.2 Å². The molecular formula is C23H26N2O5. The van der Waals surface area contributed by atoms with E-state index in [2.05, 4.69) is 10.6 Å². The van der Waals surface area contributed by atoms with E-state index < -0.39 is 30.6 Å². The Morgan fingerprint density at radius 2 is 1.47 bits per heavy atom. The highest BCUT2D eigenvalue weighted by Crippen LogP contribution is 2.17. The van der Waals surface area contributed by atoms with E-state index in [-0.39, 0.29) is 18.1 Å². The quantitative estimate of drug-likeness (QED) is 0.584. The van der Waals surface area contributed by atoms with Gasteiger partial charge in [-0.1, -0.05) is 60.7 Å². The fourth-order valence-electron chi connectivity index (χ4n) is 2.94. The van der Waals surface area contributed by atoms with E-state index in [1.165, 1.54) is 13.8 Å². The second-order valence-electron chi connectivity index (χ2n) is 6.95. The third-order valence-electron chi connectivity index (χ3n) is 4.42. The minimum atomic E-state index is -0.699. The fourth-order valence-corrected chi connectivity index (χ4v) is 2.94. The van der Waals surface area contributed by atoms with Crippen molar-refractivity contribution in [3.63, 3.8) is 0 Å². The van der Waals surface area contributed by atoms with E-state index >= 15 is 0 Å². The maximum Gasteiger partial charge on any atom is 0.308 e. The summed E-state index contributed by atoms with van der Waals surface area (Å²) in [6, 6.07) is 17.1. The number of carbonyl (C=O) groups excluding carboxylic acids is 4. The number of ether oxygens (including phenoxy) is 1. The second-order valence-corrected chi connectivity index (χ2v) is 6.95. The molecule has 2 atom stereocenters. The SMILES string of the molecule is CC(=O)N[C@@H](CC(=O)OCC(=O)N[C@H](Cc1ccccc1)C(C)=O)c1ccccc1. The Balaban J connectivity index is 1.88. The molecule has 2 amide bonds. The largest absolute Gasteiger partial charge is 0.456 e. The Morgan fingerprint density at radius 1 is 0.867 bits per heavy atom. The summed E-state index contributed by atoms with van der Waals surface area (Å²) in [6.07, 6.45) is 0.242. The first kappa shape index (κ1) is 22.8. The topological polar surface area (TPSA) is 102 Å². The van der Waals surface area contributed by atoms with Crippen LogP contribution >= 0.6 is 0 Å². The van der Waals surface area contributed by atoms with Crippen molar-refractivity contribution in [3.8, 4) is 0 Å². The number of hydrogen-bond donors (Lipinski definition) is 2. The molecule has 0 aromatic heterocycles. The molecule has 2 N–H and O–H groups in total. The third kappa shape index (κ3) is 7.87. The van der Waals surface area contributed by atoms with Crippen molar-refractivity contribution in [2.45, 2.75) is 38.8 Å². The molecule has 158 valence electrons. The molecule has 0 saturated carbocycles. The Hall–Kier alpha value is -3.48. The van der Waals surface area contributed by atoms with Gasteiger partial charge >= 0.3 is 5.97 Å². The molecular weight excluding hydrogens is 384 g/mol. The summed E-state index contributed by atoms with van der Waals surface area (Å²) in [7, 11) is 0. The molecule has 0 fully saturated rings. The summed E-state index contributed by atoms with van der Waals surface area (Å²) < 4.78 is 5.05. The molecule has 0 aliphatic heterocycles. The second kappa shape index (κ2) is 11.5.